The van der Waals surface area contributed by atoms with Gasteiger partial charge in [0, 0.05) is 30.7 Å². The van der Waals surface area contributed by atoms with E-state index in [1.807, 2.05) is 13.8 Å². The SMILES string of the molecule is COc1c(CN)cc(Cl)cc1S(=O)(=O)N(C)CCC(C)C. The molecule has 0 aliphatic heterocycles. The van der Waals surface area contributed by atoms with E-state index in [9.17, 15) is 8.42 Å². The Bertz CT molecular complexity index is 588. The lowest BCUT2D eigenvalue weighted by Crippen LogP contribution is -2.29. The molecule has 0 spiro atoms. The van der Waals surface area contributed by atoms with Crippen LogP contribution in [0.2, 0.25) is 5.02 Å². The summed E-state index contributed by atoms with van der Waals surface area (Å²) in [5.41, 5.74) is 6.20. The zero-order valence-electron chi connectivity index (χ0n) is 12.9. The third kappa shape index (κ3) is 4.32. The highest BCUT2D eigenvalue weighted by atomic mass is 35.5. The fraction of sp³-hybridized carbons (Fsp3) is 0.571. The van der Waals surface area contributed by atoms with Crippen molar-refractivity contribution >= 4 is 21.6 Å². The topological polar surface area (TPSA) is 72.6 Å². The fourth-order valence-corrected chi connectivity index (χ4v) is 3.64. The second kappa shape index (κ2) is 7.45. The van der Waals surface area contributed by atoms with Crippen LogP contribution in [0.1, 0.15) is 25.8 Å². The predicted molar refractivity (Wildman–Crippen MR) is 85.2 cm³/mol. The average Bonchev–Trinajstić information content (AvgIpc) is 2.43. The molecule has 1 aromatic rings. The molecule has 0 fully saturated rings. The first-order valence-corrected chi connectivity index (χ1v) is 8.58. The van der Waals surface area contributed by atoms with Gasteiger partial charge in [0.15, 0.2) is 0 Å². The van der Waals surface area contributed by atoms with E-state index in [4.69, 9.17) is 22.1 Å². The Balaban J connectivity index is 3.27. The Morgan fingerprint density at radius 3 is 2.48 bits per heavy atom. The van der Waals surface area contributed by atoms with Crippen molar-refractivity contribution in [3.05, 3.63) is 22.7 Å². The Labute approximate surface area is 132 Å². The van der Waals surface area contributed by atoms with E-state index in [1.54, 1.807) is 13.1 Å². The van der Waals surface area contributed by atoms with E-state index < -0.39 is 10.0 Å². The number of ether oxygens (including phenoxy) is 1. The van der Waals surface area contributed by atoms with Gasteiger partial charge in [-0.3, -0.25) is 0 Å². The van der Waals surface area contributed by atoms with E-state index >= 15 is 0 Å². The number of halogens is 1. The van der Waals surface area contributed by atoms with E-state index in [0.29, 0.717) is 23.0 Å². The van der Waals surface area contributed by atoms with Crippen LogP contribution in [0.3, 0.4) is 0 Å². The number of sulfonamides is 1. The minimum absolute atomic E-state index is 0.0595. The van der Waals surface area contributed by atoms with E-state index in [0.717, 1.165) is 6.42 Å². The van der Waals surface area contributed by atoms with Crippen molar-refractivity contribution in [3.8, 4) is 5.75 Å². The van der Waals surface area contributed by atoms with Gasteiger partial charge in [-0.1, -0.05) is 25.4 Å². The van der Waals surface area contributed by atoms with E-state index in [-0.39, 0.29) is 17.2 Å². The summed E-state index contributed by atoms with van der Waals surface area (Å²) in [5.74, 6) is 0.682. The molecule has 0 aliphatic carbocycles. The van der Waals surface area contributed by atoms with Crippen molar-refractivity contribution in [1.29, 1.82) is 0 Å². The lowest BCUT2D eigenvalue weighted by atomic mass is 10.1. The Kier molecular flexibility index (Phi) is 6.46. The first-order valence-electron chi connectivity index (χ1n) is 6.76. The van der Waals surface area contributed by atoms with Crippen LogP contribution in [0.5, 0.6) is 5.75 Å². The summed E-state index contributed by atoms with van der Waals surface area (Å²) in [6.07, 6.45) is 0.780. The predicted octanol–water partition coefficient (Wildman–Crippen LogP) is 2.47. The Morgan fingerprint density at radius 2 is 2.00 bits per heavy atom. The van der Waals surface area contributed by atoms with Gasteiger partial charge in [0.05, 0.1) is 7.11 Å². The molecule has 0 radical (unpaired) electrons. The maximum atomic E-state index is 12.7. The molecule has 5 nitrogen and oxygen atoms in total. The molecule has 2 N–H and O–H groups in total. The van der Waals surface area contributed by atoms with Crippen molar-refractivity contribution in [2.24, 2.45) is 11.7 Å². The Hall–Kier alpha value is -0.820. The van der Waals surface area contributed by atoms with Crippen molar-refractivity contribution in [2.45, 2.75) is 31.7 Å². The number of benzene rings is 1. The molecule has 0 aromatic heterocycles. The van der Waals surface area contributed by atoms with E-state index in [2.05, 4.69) is 0 Å². The van der Waals surface area contributed by atoms with Crippen LogP contribution >= 0.6 is 11.6 Å². The van der Waals surface area contributed by atoms with Gasteiger partial charge in [0.1, 0.15) is 10.6 Å². The van der Waals surface area contributed by atoms with Gasteiger partial charge in [0.2, 0.25) is 10.0 Å². The molecule has 0 aliphatic rings. The summed E-state index contributed by atoms with van der Waals surface area (Å²) in [6, 6.07) is 3.02. The van der Waals surface area contributed by atoms with Crippen LogP contribution < -0.4 is 10.5 Å². The first-order chi connectivity index (χ1) is 9.73. The molecular weight excluding hydrogens is 312 g/mol. The van der Waals surface area contributed by atoms with Crippen molar-refractivity contribution in [2.75, 3.05) is 20.7 Å². The summed E-state index contributed by atoms with van der Waals surface area (Å²) in [6.45, 7) is 4.69. The fourth-order valence-electron chi connectivity index (χ4n) is 1.93. The maximum absolute atomic E-state index is 12.7. The summed E-state index contributed by atoms with van der Waals surface area (Å²) in [4.78, 5) is 0.0595. The second-order valence-electron chi connectivity index (χ2n) is 5.31. The van der Waals surface area contributed by atoms with Gasteiger partial charge in [-0.15, -0.1) is 0 Å². The first kappa shape index (κ1) is 18.2. The molecule has 0 atom stereocenters. The normalized spacial score (nSPS) is 12.2. The maximum Gasteiger partial charge on any atom is 0.246 e. The van der Waals surface area contributed by atoms with Gasteiger partial charge in [-0.2, -0.15) is 0 Å². The highest BCUT2D eigenvalue weighted by Crippen LogP contribution is 2.33. The monoisotopic (exact) mass is 334 g/mol. The van der Waals surface area contributed by atoms with Crippen molar-refractivity contribution in [1.82, 2.24) is 4.31 Å². The summed E-state index contributed by atoms with van der Waals surface area (Å²) < 4.78 is 31.9. The highest BCUT2D eigenvalue weighted by molar-refractivity contribution is 7.89. The molecule has 0 saturated heterocycles. The lowest BCUT2D eigenvalue weighted by Gasteiger charge is -2.21. The zero-order valence-corrected chi connectivity index (χ0v) is 14.5. The molecule has 1 aromatic carbocycles. The second-order valence-corrected chi connectivity index (χ2v) is 7.76. The molecule has 0 heterocycles. The largest absolute Gasteiger partial charge is 0.495 e. The highest BCUT2D eigenvalue weighted by Gasteiger charge is 2.27. The quantitative estimate of drug-likeness (QED) is 0.831. The van der Waals surface area contributed by atoms with Crippen molar-refractivity contribution < 1.29 is 13.2 Å². The number of nitrogens with two attached hydrogens (primary N) is 1. The van der Waals surface area contributed by atoms with E-state index in [1.165, 1.54) is 17.5 Å². The van der Waals surface area contributed by atoms with Crippen LogP contribution in [-0.2, 0) is 16.6 Å². The lowest BCUT2D eigenvalue weighted by molar-refractivity contribution is 0.390. The number of rotatable bonds is 7. The minimum Gasteiger partial charge on any atom is -0.495 e. The molecule has 0 bridgehead atoms. The standard InChI is InChI=1S/C14H23ClN2O3S/c1-10(2)5-6-17(3)21(18,19)13-8-12(15)7-11(9-16)14(13)20-4/h7-8,10H,5-6,9,16H2,1-4H3. The van der Waals surface area contributed by atoms with Gasteiger partial charge in [-0.25, -0.2) is 12.7 Å². The molecular formula is C14H23ClN2O3S. The van der Waals surface area contributed by atoms with Crippen LogP contribution in [0.25, 0.3) is 0 Å². The molecule has 0 saturated carbocycles. The zero-order chi connectivity index (χ0) is 16.2. The van der Waals surface area contributed by atoms with Crippen LogP contribution in [0.4, 0.5) is 0 Å². The molecule has 7 heteroatoms. The molecule has 0 amide bonds. The third-order valence-electron chi connectivity index (χ3n) is 3.23. The van der Waals surface area contributed by atoms with Gasteiger partial charge in [0.25, 0.3) is 0 Å². The van der Waals surface area contributed by atoms with Gasteiger partial charge < -0.3 is 10.5 Å². The number of nitrogens with zero attached hydrogens (tertiary/aromatic N) is 1. The summed E-state index contributed by atoms with van der Waals surface area (Å²) in [7, 11) is -0.682. The summed E-state index contributed by atoms with van der Waals surface area (Å²) >= 11 is 6.00. The van der Waals surface area contributed by atoms with Crippen LogP contribution in [-0.4, -0.2) is 33.4 Å². The third-order valence-corrected chi connectivity index (χ3v) is 5.31. The smallest absolute Gasteiger partial charge is 0.246 e. The molecule has 0 unspecified atom stereocenters. The molecule has 1 rings (SSSR count). The van der Waals surface area contributed by atoms with Crippen LogP contribution in [0.15, 0.2) is 17.0 Å². The van der Waals surface area contributed by atoms with Gasteiger partial charge >= 0.3 is 0 Å². The van der Waals surface area contributed by atoms with Gasteiger partial charge in [-0.05, 0) is 24.5 Å². The average molecular weight is 335 g/mol. The number of methoxy groups -OCH3 is 1. The molecule has 120 valence electrons. The Morgan fingerprint density at radius 1 is 1.38 bits per heavy atom. The molecule has 21 heavy (non-hydrogen) atoms. The van der Waals surface area contributed by atoms with Crippen LogP contribution in [0, 0.1) is 5.92 Å². The minimum atomic E-state index is -3.66. The summed E-state index contributed by atoms with van der Waals surface area (Å²) in [5, 5.41) is 0.326. The van der Waals surface area contributed by atoms with Crippen molar-refractivity contribution in [3.63, 3.8) is 0 Å². The number of hydrogen-bond acceptors (Lipinski definition) is 4. The number of hydrogen-bond donors (Lipinski definition) is 1.